The van der Waals surface area contributed by atoms with E-state index in [0.717, 1.165) is 13.1 Å². The molecular formula is C10H20N2O. The molecule has 2 aliphatic rings. The van der Waals surface area contributed by atoms with Crippen molar-refractivity contribution in [2.45, 2.75) is 31.8 Å². The third kappa shape index (κ3) is 1.22. The fraction of sp³-hybridized carbons (Fsp3) is 1.00. The fourth-order valence-corrected chi connectivity index (χ4v) is 2.56. The molecule has 0 unspecified atom stereocenters. The van der Waals surface area contributed by atoms with Gasteiger partial charge in [0.15, 0.2) is 0 Å². The number of aliphatic hydroxyl groups is 1. The molecule has 0 spiro atoms. The van der Waals surface area contributed by atoms with Gasteiger partial charge >= 0.3 is 0 Å². The Morgan fingerprint density at radius 2 is 1.85 bits per heavy atom. The second kappa shape index (κ2) is 2.47. The summed E-state index contributed by atoms with van der Waals surface area (Å²) in [5, 5.41) is 9.12. The van der Waals surface area contributed by atoms with Crippen LogP contribution < -0.4 is 5.73 Å². The molecular weight excluding hydrogens is 164 g/mol. The number of rotatable bonds is 1. The van der Waals surface area contributed by atoms with Gasteiger partial charge in [0, 0.05) is 24.2 Å². The Morgan fingerprint density at radius 3 is 2.15 bits per heavy atom. The molecule has 0 amide bonds. The van der Waals surface area contributed by atoms with E-state index in [1.165, 1.54) is 0 Å². The lowest BCUT2D eigenvalue weighted by molar-refractivity contribution is 0.127. The van der Waals surface area contributed by atoms with Gasteiger partial charge in [0.25, 0.3) is 0 Å². The third-order valence-corrected chi connectivity index (χ3v) is 3.81. The largest absolute Gasteiger partial charge is 0.394 e. The van der Waals surface area contributed by atoms with Crippen LogP contribution in [0.25, 0.3) is 0 Å². The van der Waals surface area contributed by atoms with Gasteiger partial charge in [-0.25, -0.2) is 0 Å². The highest BCUT2D eigenvalue weighted by atomic mass is 16.3. The van der Waals surface area contributed by atoms with Gasteiger partial charge in [-0.15, -0.1) is 0 Å². The molecule has 76 valence electrons. The first-order chi connectivity index (χ1) is 5.89. The van der Waals surface area contributed by atoms with Gasteiger partial charge in [0.1, 0.15) is 0 Å². The van der Waals surface area contributed by atoms with Crippen LogP contribution in [0.4, 0.5) is 0 Å². The maximum absolute atomic E-state index is 9.12. The molecule has 13 heavy (non-hydrogen) atoms. The van der Waals surface area contributed by atoms with Gasteiger partial charge in [-0.2, -0.15) is 0 Å². The van der Waals surface area contributed by atoms with Crippen molar-refractivity contribution in [1.29, 1.82) is 0 Å². The summed E-state index contributed by atoms with van der Waals surface area (Å²) < 4.78 is 0. The predicted octanol–water partition coefficient (Wildman–Crippen LogP) is 0.0363. The highest BCUT2D eigenvalue weighted by Crippen LogP contribution is 2.54. The molecule has 1 aliphatic heterocycles. The van der Waals surface area contributed by atoms with Crippen molar-refractivity contribution in [3.8, 4) is 0 Å². The van der Waals surface area contributed by atoms with Crippen LogP contribution >= 0.6 is 0 Å². The first-order valence-electron chi connectivity index (χ1n) is 5.04. The zero-order chi connectivity index (χ0) is 9.85. The fourth-order valence-electron chi connectivity index (χ4n) is 2.56. The standard InChI is InChI=1S/C10H20N2O/c1-9(2,3)12-4-7-8(5-12)10(7,11)6-13/h7-8,13H,4-6,11H2,1-3H3/t7-,8+,10-. The summed E-state index contributed by atoms with van der Waals surface area (Å²) in [6.45, 7) is 8.97. The van der Waals surface area contributed by atoms with E-state index in [1.807, 2.05) is 0 Å². The molecule has 1 saturated carbocycles. The molecule has 1 heterocycles. The van der Waals surface area contributed by atoms with Crippen molar-refractivity contribution in [2.75, 3.05) is 19.7 Å². The minimum atomic E-state index is -0.234. The van der Waals surface area contributed by atoms with Gasteiger partial charge in [-0.3, -0.25) is 4.90 Å². The molecule has 0 radical (unpaired) electrons. The van der Waals surface area contributed by atoms with Crippen molar-refractivity contribution in [1.82, 2.24) is 4.90 Å². The van der Waals surface area contributed by atoms with Crippen LogP contribution in [0.3, 0.4) is 0 Å². The molecule has 0 aromatic carbocycles. The van der Waals surface area contributed by atoms with Crippen LogP contribution in [0.15, 0.2) is 0 Å². The highest BCUT2D eigenvalue weighted by molar-refractivity contribution is 5.21. The summed E-state index contributed by atoms with van der Waals surface area (Å²) in [6, 6.07) is 0. The van der Waals surface area contributed by atoms with Crippen LogP contribution in [0, 0.1) is 11.8 Å². The molecule has 1 saturated heterocycles. The average molecular weight is 184 g/mol. The molecule has 3 atom stereocenters. The molecule has 0 aromatic rings. The number of aliphatic hydroxyl groups excluding tert-OH is 1. The van der Waals surface area contributed by atoms with Crippen LogP contribution in [-0.2, 0) is 0 Å². The number of likely N-dealkylation sites (tertiary alicyclic amines) is 1. The third-order valence-electron chi connectivity index (χ3n) is 3.81. The van der Waals surface area contributed by atoms with E-state index >= 15 is 0 Å². The Labute approximate surface area is 79.9 Å². The Balaban J connectivity index is 1.97. The first kappa shape index (κ1) is 9.44. The Morgan fingerprint density at radius 1 is 1.38 bits per heavy atom. The number of hydrogen-bond acceptors (Lipinski definition) is 3. The van der Waals surface area contributed by atoms with Crippen LogP contribution in [0.2, 0.25) is 0 Å². The van der Waals surface area contributed by atoms with Crippen molar-refractivity contribution in [3.05, 3.63) is 0 Å². The Bertz CT molecular complexity index is 209. The molecule has 0 bridgehead atoms. The maximum Gasteiger partial charge on any atom is 0.0617 e. The molecule has 1 aliphatic carbocycles. The van der Waals surface area contributed by atoms with E-state index in [4.69, 9.17) is 10.8 Å². The SMILES string of the molecule is CC(C)(C)N1C[C@@H]2[C@H](C1)[C@@]2(N)CO. The minimum Gasteiger partial charge on any atom is -0.394 e. The maximum atomic E-state index is 9.12. The molecule has 2 fully saturated rings. The van der Waals surface area contributed by atoms with E-state index < -0.39 is 0 Å². The quantitative estimate of drug-likeness (QED) is 0.605. The number of fused-ring (bicyclic) bond motifs is 1. The molecule has 3 N–H and O–H groups in total. The second-order valence-corrected chi connectivity index (χ2v) is 5.56. The van der Waals surface area contributed by atoms with Gasteiger partial charge in [0.05, 0.1) is 6.61 Å². The van der Waals surface area contributed by atoms with E-state index in [-0.39, 0.29) is 17.7 Å². The number of hydrogen-bond donors (Lipinski definition) is 2. The van der Waals surface area contributed by atoms with Crippen LogP contribution in [0.1, 0.15) is 20.8 Å². The van der Waals surface area contributed by atoms with Crippen molar-refractivity contribution < 1.29 is 5.11 Å². The summed E-state index contributed by atoms with van der Waals surface area (Å²) >= 11 is 0. The second-order valence-electron chi connectivity index (χ2n) is 5.56. The average Bonchev–Trinajstić information content (AvgIpc) is 2.50. The Kier molecular flexibility index (Phi) is 1.79. The summed E-state index contributed by atoms with van der Waals surface area (Å²) in [7, 11) is 0. The summed E-state index contributed by atoms with van der Waals surface area (Å²) in [6.07, 6.45) is 0. The van der Waals surface area contributed by atoms with E-state index in [0.29, 0.717) is 11.8 Å². The zero-order valence-corrected chi connectivity index (χ0v) is 8.75. The Hall–Kier alpha value is -0.120. The summed E-state index contributed by atoms with van der Waals surface area (Å²) in [5.74, 6) is 1.08. The lowest BCUT2D eigenvalue weighted by atomic mass is 10.0. The predicted molar refractivity (Wildman–Crippen MR) is 52.3 cm³/mol. The van der Waals surface area contributed by atoms with Crippen LogP contribution in [-0.4, -0.2) is 40.8 Å². The topological polar surface area (TPSA) is 49.5 Å². The van der Waals surface area contributed by atoms with Crippen molar-refractivity contribution in [2.24, 2.45) is 17.6 Å². The first-order valence-corrected chi connectivity index (χ1v) is 5.04. The van der Waals surface area contributed by atoms with Crippen molar-refractivity contribution in [3.63, 3.8) is 0 Å². The van der Waals surface area contributed by atoms with Crippen molar-refractivity contribution >= 4 is 0 Å². The number of nitrogens with zero attached hydrogens (tertiary/aromatic N) is 1. The lowest BCUT2D eigenvalue weighted by Gasteiger charge is -2.34. The number of piperidine rings is 1. The van der Waals surface area contributed by atoms with E-state index in [2.05, 4.69) is 25.7 Å². The van der Waals surface area contributed by atoms with E-state index in [1.54, 1.807) is 0 Å². The normalized spacial score (nSPS) is 45.0. The van der Waals surface area contributed by atoms with Gasteiger partial charge in [0.2, 0.25) is 0 Å². The number of nitrogens with two attached hydrogens (primary N) is 1. The molecule has 2 rings (SSSR count). The minimum absolute atomic E-state index is 0.153. The highest BCUT2D eigenvalue weighted by Gasteiger charge is 2.66. The van der Waals surface area contributed by atoms with Crippen LogP contribution in [0.5, 0.6) is 0 Å². The van der Waals surface area contributed by atoms with Gasteiger partial charge < -0.3 is 10.8 Å². The molecule has 3 nitrogen and oxygen atoms in total. The molecule has 3 heteroatoms. The summed E-state index contributed by atoms with van der Waals surface area (Å²) in [5.41, 5.74) is 6.04. The smallest absolute Gasteiger partial charge is 0.0617 e. The summed E-state index contributed by atoms with van der Waals surface area (Å²) in [4.78, 5) is 2.46. The van der Waals surface area contributed by atoms with E-state index in [9.17, 15) is 0 Å². The van der Waals surface area contributed by atoms with Gasteiger partial charge in [-0.1, -0.05) is 0 Å². The monoisotopic (exact) mass is 184 g/mol. The van der Waals surface area contributed by atoms with Gasteiger partial charge in [-0.05, 0) is 32.6 Å². The molecule has 0 aromatic heterocycles. The lowest BCUT2D eigenvalue weighted by Crippen LogP contribution is -2.47. The zero-order valence-electron chi connectivity index (χ0n) is 8.75.